The standard InChI is InChI=1S/C10H18F3N3O/c1-9(2)3-6(9)4-15-5-7(8(14)16-17)10(11,12)13/h6-7,15,17H,3-5H2,1-2H3,(H2,14,16). The highest BCUT2D eigenvalue weighted by atomic mass is 19.4. The van der Waals surface area contributed by atoms with Crippen molar-refractivity contribution in [2.75, 3.05) is 13.1 Å². The molecule has 0 aromatic rings. The highest BCUT2D eigenvalue weighted by molar-refractivity contribution is 5.83. The van der Waals surface area contributed by atoms with Crippen molar-refractivity contribution in [2.45, 2.75) is 26.4 Å². The van der Waals surface area contributed by atoms with Crippen LogP contribution in [0.3, 0.4) is 0 Å². The lowest BCUT2D eigenvalue weighted by Gasteiger charge is -2.19. The van der Waals surface area contributed by atoms with Crippen molar-refractivity contribution in [1.29, 1.82) is 0 Å². The van der Waals surface area contributed by atoms with Crippen LogP contribution in [0.25, 0.3) is 0 Å². The number of amidine groups is 1. The molecule has 100 valence electrons. The second-order valence-electron chi connectivity index (χ2n) is 5.17. The number of rotatable bonds is 5. The Morgan fingerprint density at radius 2 is 2.12 bits per heavy atom. The molecule has 0 aliphatic heterocycles. The first-order chi connectivity index (χ1) is 7.68. The molecular weight excluding hydrogens is 235 g/mol. The third-order valence-corrected chi connectivity index (χ3v) is 3.32. The van der Waals surface area contributed by atoms with Gasteiger partial charge in [0.2, 0.25) is 0 Å². The fourth-order valence-electron chi connectivity index (χ4n) is 1.78. The number of hydrogen-bond acceptors (Lipinski definition) is 3. The van der Waals surface area contributed by atoms with Crippen LogP contribution in [0.2, 0.25) is 0 Å². The van der Waals surface area contributed by atoms with E-state index in [-0.39, 0.29) is 12.0 Å². The Balaban J connectivity index is 2.41. The minimum Gasteiger partial charge on any atom is -0.409 e. The van der Waals surface area contributed by atoms with Gasteiger partial charge in [0.25, 0.3) is 0 Å². The van der Waals surface area contributed by atoms with E-state index >= 15 is 0 Å². The smallest absolute Gasteiger partial charge is 0.400 e. The summed E-state index contributed by atoms with van der Waals surface area (Å²) in [5.74, 6) is -2.34. The summed E-state index contributed by atoms with van der Waals surface area (Å²) in [6.45, 7) is 4.32. The molecule has 4 nitrogen and oxygen atoms in total. The number of nitrogens with zero attached hydrogens (tertiary/aromatic N) is 1. The Labute approximate surface area is 98.0 Å². The summed E-state index contributed by atoms with van der Waals surface area (Å²) in [7, 11) is 0. The van der Waals surface area contributed by atoms with Crippen LogP contribution in [-0.4, -0.2) is 30.3 Å². The van der Waals surface area contributed by atoms with Crippen LogP contribution in [0, 0.1) is 17.3 Å². The van der Waals surface area contributed by atoms with Gasteiger partial charge in [-0.25, -0.2) is 0 Å². The lowest BCUT2D eigenvalue weighted by atomic mass is 10.1. The number of halogens is 3. The summed E-state index contributed by atoms with van der Waals surface area (Å²) in [6, 6.07) is 0. The van der Waals surface area contributed by atoms with Crippen LogP contribution >= 0.6 is 0 Å². The summed E-state index contributed by atoms with van der Waals surface area (Å²) in [4.78, 5) is 0. The fraction of sp³-hybridized carbons (Fsp3) is 0.900. The van der Waals surface area contributed by atoms with Crippen LogP contribution in [0.15, 0.2) is 5.16 Å². The van der Waals surface area contributed by atoms with Gasteiger partial charge in [-0.2, -0.15) is 13.2 Å². The maximum Gasteiger partial charge on any atom is 0.400 e. The van der Waals surface area contributed by atoms with Crippen molar-refractivity contribution in [3.8, 4) is 0 Å². The van der Waals surface area contributed by atoms with Gasteiger partial charge < -0.3 is 16.3 Å². The molecule has 7 heteroatoms. The van der Waals surface area contributed by atoms with E-state index in [2.05, 4.69) is 24.3 Å². The number of hydrogen-bond donors (Lipinski definition) is 3. The monoisotopic (exact) mass is 253 g/mol. The van der Waals surface area contributed by atoms with Gasteiger partial charge in [-0.3, -0.25) is 0 Å². The van der Waals surface area contributed by atoms with Crippen molar-refractivity contribution in [2.24, 2.45) is 28.1 Å². The van der Waals surface area contributed by atoms with Crippen molar-refractivity contribution < 1.29 is 18.4 Å². The SMILES string of the molecule is CC1(C)CC1CNCC(C(N)=NO)C(F)(F)F. The van der Waals surface area contributed by atoms with Gasteiger partial charge in [0.15, 0.2) is 5.84 Å². The van der Waals surface area contributed by atoms with E-state index in [0.29, 0.717) is 12.5 Å². The molecule has 2 unspecified atom stereocenters. The van der Waals surface area contributed by atoms with Crippen molar-refractivity contribution in [1.82, 2.24) is 5.32 Å². The molecular formula is C10H18F3N3O. The molecule has 1 saturated carbocycles. The molecule has 1 fully saturated rings. The Morgan fingerprint density at radius 1 is 1.59 bits per heavy atom. The van der Waals surface area contributed by atoms with E-state index in [1.165, 1.54) is 0 Å². The summed E-state index contributed by atoms with van der Waals surface area (Å²) < 4.78 is 37.6. The van der Waals surface area contributed by atoms with Crippen molar-refractivity contribution in [3.05, 3.63) is 0 Å². The highest BCUT2D eigenvalue weighted by Gasteiger charge is 2.46. The molecule has 1 aliphatic rings. The molecule has 0 amide bonds. The number of alkyl halides is 3. The summed E-state index contributed by atoms with van der Waals surface area (Å²) in [5.41, 5.74) is 5.25. The van der Waals surface area contributed by atoms with E-state index in [1.807, 2.05) is 0 Å². The zero-order valence-corrected chi connectivity index (χ0v) is 9.88. The van der Waals surface area contributed by atoms with Gasteiger partial charge in [0.1, 0.15) is 5.92 Å². The topological polar surface area (TPSA) is 70.6 Å². The van der Waals surface area contributed by atoms with Crippen LogP contribution in [-0.2, 0) is 0 Å². The predicted octanol–water partition coefficient (Wildman–Crippen LogP) is 1.55. The van der Waals surface area contributed by atoms with Crippen LogP contribution in [0.5, 0.6) is 0 Å². The molecule has 1 aliphatic carbocycles. The summed E-state index contributed by atoms with van der Waals surface area (Å²) in [5, 5.41) is 13.5. The summed E-state index contributed by atoms with van der Waals surface area (Å²) >= 11 is 0. The maximum absolute atomic E-state index is 12.5. The average Bonchev–Trinajstić information content (AvgIpc) is 2.78. The molecule has 0 aromatic carbocycles. The lowest BCUT2D eigenvalue weighted by Crippen LogP contribution is -2.43. The molecule has 0 radical (unpaired) electrons. The number of nitrogens with two attached hydrogens (primary N) is 1. The first kappa shape index (κ1) is 14.1. The third kappa shape index (κ3) is 3.76. The van der Waals surface area contributed by atoms with Gasteiger partial charge in [0.05, 0.1) is 0 Å². The fourth-order valence-corrected chi connectivity index (χ4v) is 1.78. The van der Waals surface area contributed by atoms with E-state index in [1.54, 1.807) is 0 Å². The van der Waals surface area contributed by atoms with Crippen molar-refractivity contribution in [3.63, 3.8) is 0 Å². The van der Waals surface area contributed by atoms with Crippen LogP contribution < -0.4 is 11.1 Å². The molecule has 17 heavy (non-hydrogen) atoms. The Hall–Kier alpha value is -0.980. The maximum atomic E-state index is 12.5. The van der Waals surface area contributed by atoms with E-state index in [9.17, 15) is 13.2 Å². The molecule has 4 N–H and O–H groups in total. The van der Waals surface area contributed by atoms with Gasteiger partial charge in [-0.15, -0.1) is 0 Å². The zero-order chi connectivity index (χ0) is 13.3. The first-order valence-electron chi connectivity index (χ1n) is 5.43. The van der Waals surface area contributed by atoms with E-state index < -0.39 is 17.9 Å². The predicted molar refractivity (Wildman–Crippen MR) is 57.7 cm³/mol. The van der Waals surface area contributed by atoms with Crippen LogP contribution in [0.1, 0.15) is 20.3 Å². The highest BCUT2D eigenvalue weighted by Crippen LogP contribution is 2.51. The molecule has 0 bridgehead atoms. The van der Waals surface area contributed by atoms with Gasteiger partial charge >= 0.3 is 6.18 Å². The second-order valence-corrected chi connectivity index (χ2v) is 5.17. The van der Waals surface area contributed by atoms with Gasteiger partial charge in [-0.05, 0) is 24.3 Å². The minimum atomic E-state index is -4.50. The number of oxime groups is 1. The normalized spacial score (nSPS) is 25.7. The second kappa shape index (κ2) is 4.72. The molecule has 0 aromatic heterocycles. The molecule has 0 spiro atoms. The van der Waals surface area contributed by atoms with Gasteiger partial charge in [-0.1, -0.05) is 19.0 Å². The minimum absolute atomic E-state index is 0.220. The largest absolute Gasteiger partial charge is 0.409 e. The van der Waals surface area contributed by atoms with E-state index in [4.69, 9.17) is 10.9 Å². The molecule has 2 atom stereocenters. The zero-order valence-electron chi connectivity index (χ0n) is 9.88. The Morgan fingerprint density at radius 3 is 2.47 bits per heavy atom. The van der Waals surface area contributed by atoms with Crippen LogP contribution in [0.4, 0.5) is 13.2 Å². The van der Waals surface area contributed by atoms with Crippen molar-refractivity contribution >= 4 is 5.84 Å². The number of nitrogens with one attached hydrogen (secondary N) is 1. The summed E-state index contributed by atoms with van der Waals surface area (Å²) in [6.07, 6.45) is -3.48. The Kier molecular flexibility index (Phi) is 3.91. The average molecular weight is 253 g/mol. The van der Waals surface area contributed by atoms with Gasteiger partial charge in [0, 0.05) is 6.54 Å². The third-order valence-electron chi connectivity index (χ3n) is 3.32. The molecule has 1 rings (SSSR count). The quantitative estimate of drug-likeness (QED) is 0.301. The Bertz CT molecular complexity index is 302. The molecule has 0 heterocycles. The first-order valence-corrected chi connectivity index (χ1v) is 5.43. The molecule has 0 saturated heterocycles. The lowest BCUT2D eigenvalue weighted by molar-refractivity contribution is -0.154. The van der Waals surface area contributed by atoms with E-state index in [0.717, 1.165) is 6.42 Å².